The molecule has 0 bridgehead atoms. The maximum absolute atomic E-state index is 14.2. The van der Waals surface area contributed by atoms with Crippen molar-refractivity contribution in [1.82, 2.24) is 14.5 Å². The van der Waals surface area contributed by atoms with Gasteiger partial charge in [-0.1, -0.05) is 24.3 Å². The summed E-state index contributed by atoms with van der Waals surface area (Å²) in [6, 6.07) is 11.3. The predicted octanol–water partition coefficient (Wildman–Crippen LogP) is 4.12. The van der Waals surface area contributed by atoms with Crippen molar-refractivity contribution in [2.45, 2.75) is 61.8 Å². The third kappa shape index (κ3) is 5.34. The Labute approximate surface area is 208 Å². The highest BCUT2D eigenvalue weighted by atomic mass is 32.2. The fourth-order valence-corrected chi connectivity index (χ4v) is 6.07. The Morgan fingerprint density at radius 2 is 1.92 bits per heavy atom. The van der Waals surface area contributed by atoms with Gasteiger partial charge in [-0.15, -0.1) is 0 Å². The molecule has 0 N–H and O–H groups in total. The van der Waals surface area contributed by atoms with Crippen LogP contribution >= 0.6 is 0 Å². The number of sulfone groups is 1. The summed E-state index contributed by atoms with van der Waals surface area (Å²) >= 11 is 0. The van der Waals surface area contributed by atoms with E-state index < -0.39 is 27.2 Å². The van der Waals surface area contributed by atoms with Gasteiger partial charge in [-0.05, 0) is 49.9 Å². The second kappa shape index (κ2) is 10.1. The molecule has 3 aromatic rings. The van der Waals surface area contributed by atoms with E-state index in [2.05, 4.69) is 4.98 Å². The fourth-order valence-electron chi connectivity index (χ4n) is 4.55. The van der Waals surface area contributed by atoms with Crippen molar-refractivity contribution in [2.75, 3.05) is 6.61 Å². The van der Waals surface area contributed by atoms with Gasteiger partial charge in [-0.2, -0.15) is 0 Å². The first-order valence-corrected chi connectivity index (χ1v) is 13.7. The van der Waals surface area contributed by atoms with E-state index in [-0.39, 0.29) is 47.4 Å². The molecule has 1 saturated heterocycles. The van der Waals surface area contributed by atoms with Crippen molar-refractivity contribution in [1.29, 1.82) is 0 Å². The zero-order chi connectivity index (χ0) is 25.3. The van der Waals surface area contributed by atoms with E-state index in [1.165, 1.54) is 42.6 Å². The number of nitrogens with zero attached hydrogens (tertiary/aromatic N) is 3. The molecule has 5 rings (SSSR count). The molecule has 36 heavy (non-hydrogen) atoms. The van der Waals surface area contributed by atoms with Gasteiger partial charge in [0, 0.05) is 23.8 Å². The summed E-state index contributed by atoms with van der Waals surface area (Å²) in [6.07, 6.45) is 4.56. The summed E-state index contributed by atoms with van der Waals surface area (Å²) in [5.41, 5.74) is 0.834. The topological polar surface area (TPSA) is 81.5 Å². The average molecular weight is 516 g/mol. The summed E-state index contributed by atoms with van der Waals surface area (Å²) in [5.74, 6) is -1.95. The smallest absolute Gasteiger partial charge is 0.254 e. The molecule has 7 nitrogen and oxygen atoms in total. The number of amides is 1. The molecular formula is C26H27F2N3O4S. The van der Waals surface area contributed by atoms with E-state index in [9.17, 15) is 22.0 Å². The molecule has 2 aliphatic rings. The van der Waals surface area contributed by atoms with Crippen LogP contribution in [0, 0.1) is 11.6 Å². The molecule has 1 aromatic heterocycles. The van der Waals surface area contributed by atoms with Crippen molar-refractivity contribution in [3.8, 4) is 0 Å². The quantitative estimate of drug-likeness (QED) is 0.428. The zero-order valence-electron chi connectivity index (χ0n) is 19.6. The van der Waals surface area contributed by atoms with Crippen molar-refractivity contribution >= 4 is 15.7 Å². The highest BCUT2D eigenvalue weighted by molar-refractivity contribution is 7.90. The minimum absolute atomic E-state index is 0.00896. The molecule has 1 aliphatic carbocycles. The van der Waals surface area contributed by atoms with E-state index in [1.54, 1.807) is 21.6 Å². The van der Waals surface area contributed by atoms with Gasteiger partial charge in [0.2, 0.25) is 15.0 Å². The maximum Gasteiger partial charge on any atom is 0.254 e. The molecule has 2 fully saturated rings. The molecule has 10 heteroatoms. The Kier molecular flexibility index (Phi) is 6.90. The molecule has 0 unspecified atom stereocenters. The number of rotatable bonds is 9. The lowest BCUT2D eigenvalue weighted by Gasteiger charge is -2.24. The Hall–Kier alpha value is -3.11. The number of ether oxygens (including phenoxy) is 1. The molecule has 2 heterocycles. The summed E-state index contributed by atoms with van der Waals surface area (Å²) < 4.78 is 62.1. The Morgan fingerprint density at radius 1 is 1.11 bits per heavy atom. The van der Waals surface area contributed by atoms with Gasteiger partial charge in [0.05, 0.1) is 36.8 Å². The van der Waals surface area contributed by atoms with Crippen LogP contribution in [0.1, 0.15) is 47.3 Å². The fraction of sp³-hybridized carbons (Fsp3) is 0.385. The molecule has 0 radical (unpaired) electrons. The monoisotopic (exact) mass is 515 g/mol. The van der Waals surface area contributed by atoms with E-state index in [1.807, 2.05) is 0 Å². The van der Waals surface area contributed by atoms with Gasteiger partial charge >= 0.3 is 0 Å². The summed E-state index contributed by atoms with van der Waals surface area (Å²) in [5, 5.41) is -0.176. The number of halogens is 2. The lowest BCUT2D eigenvalue weighted by molar-refractivity contribution is 0.0717. The third-order valence-electron chi connectivity index (χ3n) is 6.55. The van der Waals surface area contributed by atoms with E-state index in [0.29, 0.717) is 12.3 Å². The van der Waals surface area contributed by atoms with Crippen molar-refractivity contribution in [2.24, 2.45) is 0 Å². The van der Waals surface area contributed by atoms with Gasteiger partial charge in [-0.3, -0.25) is 4.79 Å². The highest BCUT2D eigenvalue weighted by Gasteiger charge is 2.35. The standard InChI is InChI=1S/C26H27F2N3O4S/c27-20-7-3-6-18(13-20)25(32)30(21-10-11-21)15-22-14-29-26(31(22)16-23-8-4-12-35-23)36(33,34)17-19-5-1-2-9-24(19)28/h1-3,5-7,9,13-14,21,23H,4,8,10-12,15-17H2/t23-/m1/s1. The van der Waals surface area contributed by atoms with Crippen LogP contribution in [-0.4, -0.2) is 47.5 Å². The van der Waals surface area contributed by atoms with Crippen LogP contribution in [0.15, 0.2) is 59.9 Å². The van der Waals surface area contributed by atoms with E-state index >= 15 is 0 Å². The first kappa shape index (κ1) is 24.6. The number of hydrogen-bond donors (Lipinski definition) is 0. The molecule has 1 saturated carbocycles. The van der Waals surface area contributed by atoms with E-state index in [0.717, 1.165) is 25.7 Å². The van der Waals surface area contributed by atoms with Crippen LogP contribution in [0.25, 0.3) is 0 Å². The van der Waals surface area contributed by atoms with E-state index in [4.69, 9.17) is 4.74 Å². The van der Waals surface area contributed by atoms with Crippen LogP contribution in [0.3, 0.4) is 0 Å². The molecule has 1 atom stereocenters. The van der Waals surface area contributed by atoms with Crippen molar-refractivity contribution in [3.63, 3.8) is 0 Å². The molecule has 0 spiro atoms. The number of imidazole rings is 1. The zero-order valence-corrected chi connectivity index (χ0v) is 20.5. The van der Waals surface area contributed by atoms with Crippen LogP contribution < -0.4 is 0 Å². The summed E-state index contributed by atoms with van der Waals surface area (Å²) in [7, 11) is -4.00. The second-order valence-electron chi connectivity index (χ2n) is 9.30. The summed E-state index contributed by atoms with van der Waals surface area (Å²) in [6.45, 7) is 0.973. The molecular weight excluding hydrogens is 488 g/mol. The number of carbonyl (C=O) groups is 1. The van der Waals surface area contributed by atoms with Crippen LogP contribution in [-0.2, 0) is 33.4 Å². The van der Waals surface area contributed by atoms with Crippen LogP contribution in [0.2, 0.25) is 0 Å². The largest absolute Gasteiger partial charge is 0.376 e. The highest BCUT2D eigenvalue weighted by Crippen LogP contribution is 2.31. The minimum Gasteiger partial charge on any atom is -0.376 e. The molecule has 1 aliphatic heterocycles. The SMILES string of the molecule is O=C(c1cccc(F)c1)N(Cc1cnc(S(=O)(=O)Cc2ccccc2F)n1C[C@H]1CCCO1)C1CC1. The second-order valence-corrected chi connectivity index (χ2v) is 11.2. The number of hydrogen-bond acceptors (Lipinski definition) is 5. The Balaban J connectivity index is 1.48. The van der Waals surface area contributed by atoms with Crippen LogP contribution in [0.5, 0.6) is 0 Å². The van der Waals surface area contributed by atoms with Crippen molar-refractivity contribution < 1.29 is 26.7 Å². The first-order chi connectivity index (χ1) is 17.3. The number of carbonyl (C=O) groups excluding carboxylic acids is 1. The Bertz CT molecular complexity index is 1370. The maximum atomic E-state index is 14.2. The number of aromatic nitrogens is 2. The third-order valence-corrected chi connectivity index (χ3v) is 8.12. The first-order valence-electron chi connectivity index (χ1n) is 12.0. The van der Waals surface area contributed by atoms with Gasteiger partial charge in [-0.25, -0.2) is 22.2 Å². The van der Waals surface area contributed by atoms with Gasteiger partial charge in [0.1, 0.15) is 11.6 Å². The summed E-state index contributed by atoms with van der Waals surface area (Å²) in [4.78, 5) is 19.1. The Morgan fingerprint density at radius 3 is 2.61 bits per heavy atom. The average Bonchev–Trinajstić information content (AvgIpc) is 3.40. The lowest BCUT2D eigenvalue weighted by Crippen LogP contribution is -2.34. The van der Waals surface area contributed by atoms with Crippen molar-refractivity contribution in [3.05, 3.63) is 83.2 Å². The minimum atomic E-state index is -4.00. The van der Waals surface area contributed by atoms with Crippen LogP contribution in [0.4, 0.5) is 8.78 Å². The number of benzene rings is 2. The normalized spacial score (nSPS) is 17.9. The molecule has 2 aromatic carbocycles. The van der Waals surface area contributed by atoms with Gasteiger partial charge in [0.25, 0.3) is 5.91 Å². The van der Waals surface area contributed by atoms with Gasteiger partial charge in [0.15, 0.2) is 0 Å². The molecule has 1 amide bonds. The lowest BCUT2D eigenvalue weighted by atomic mass is 10.2. The molecule has 190 valence electrons. The predicted molar refractivity (Wildman–Crippen MR) is 128 cm³/mol. The van der Waals surface area contributed by atoms with Gasteiger partial charge < -0.3 is 14.2 Å².